The van der Waals surface area contributed by atoms with Gasteiger partial charge in [-0.3, -0.25) is 14.9 Å². The van der Waals surface area contributed by atoms with Crippen LogP contribution in [0.5, 0.6) is 0 Å². The lowest BCUT2D eigenvalue weighted by Crippen LogP contribution is -2.51. The number of anilines is 1. The van der Waals surface area contributed by atoms with Crippen LogP contribution in [-0.4, -0.2) is 82.2 Å². The van der Waals surface area contributed by atoms with E-state index >= 15 is 0 Å². The Kier molecular flexibility index (Phi) is 6.00. The molecule has 2 saturated heterocycles. The van der Waals surface area contributed by atoms with Gasteiger partial charge in [0.25, 0.3) is 11.6 Å². The first-order valence-electron chi connectivity index (χ1n) is 9.73. The second-order valence-electron chi connectivity index (χ2n) is 7.33. The standard InChI is InChI=1S/C19H21N5O6S/c25-15-9-23(10-15)18-20-16(12-31-18)17(26)21-5-7-22(8-6-21)19(27)30-11-13-1-3-14(4-2-13)24(28)29/h1-4,12,15,25H,5-11H2. The van der Waals surface area contributed by atoms with Gasteiger partial charge in [0.1, 0.15) is 12.3 Å². The highest BCUT2D eigenvalue weighted by Crippen LogP contribution is 2.26. The highest BCUT2D eigenvalue weighted by Gasteiger charge is 2.30. The van der Waals surface area contributed by atoms with Crippen molar-refractivity contribution in [2.75, 3.05) is 44.2 Å². The molecule has 2 fully saturated rings. The van der Waals surface area contributed by atoms with Crippen molar-refractivity contribution in [1.29, 1.82) is 0 Å². The highest BCUT2D eigenvalue weighted by molar-refractivity contribution is 7.14. The third-order valence-electron chi connectivity index (χ3n) is 5.18. The Labute approximate surface area is 181 Å². The Morgan fingerprint density at radius 1 is 1.16 bits per heavy atom. The lowest BCUT2D eigenvalue weighted by atomic mass is 10.2. The largest absolute Gasteiger partial charge is 0.445 e. The van der Waals surface area contributed by atoms with Gasteiger partial charge in [-0.25, -0.2) is 9.78 Å². The maximum Gasteiger partial charge on any atom is 0.410 e. The number of amides is 2. The van der Waals surface area contributed by atoms with Crippen LogP contribution in [0.15, 0.2) is 29.6 Å². The number of carbonyl (C=O) groups is 2. The summed E-state index contributed by atoms with van der Waals surface area (Å²) in [5, 5.41) is 22.5. The van der Waals surface area contributed by atoms with Crippen molar-refractivity contribution in [3.8, 4) is 0 Å². The van der Waals surface area contributed by atoms with E-state index in [1.54, 1.807) is 22.4 Å². The number of aliphatic hydroxyl groups excluding tert-OH is 1. The Hall–Kier alpha value is -3.25. The molecule has 0 radical (unpaired) electrons. The molecule has 0 atom stereocenters. The topological polar surface area (TPSA) is 129 Å². The van der Waals surface area contributed by atoms with E-state index in [9.17, 15) is 24.8 Å². The minimum atomic E-state index is -0.488. The van der Waals surface area contributed by atoms with Gasteiger partial charge < -0.3 is 24.5 Å². The highest BCUT2D eigenvalue weighted by atomic mass is 32.1. The maximum atomic E-state index is 12.7. The quantitative estimate of drug-likeness (QED) is 0.537. The fraction of sp³-hybridized carbons (Fsp3) is 0.421. The molecule has 0 unspecified atom stereocenters. The van der Waals surface area contributed by atoms with E-state index in [1.165, 1.54) is 28.4 Å². The average Bonchev–Trinajstić information content (AvgIpc) is 3.25. The van der Waals surface area contributed by atoms with Gasteiger partial charge in [-0.2, -0.15) is 0 Å². The fourth-order valence-electron chi connectivity index (χ4n) is 3.32. The minimum absolute atomic E-state index is 0.0166. The van der Waals surface area contributed by atoms with Crippen LogP contribution >= 0.6 is 11.3 Å². The summed E-state index contributed by atoms with van der Waals surface area (Å²) in [6.45, 7) is 2.52. The molecule has 2 aliphatic rings. The lowest BCUT2D eigenvalue weighted by Gasteiger charge is -2.35. The number of non-ortho nitro benzene ring substituents is 1. The fourth-order valence-corrected chi connectivity index (χ4v) is 4.14. The number of ether oxygens (including phenoxy) is 1. The number of aromatic nitrogens is 1. The number of β-amino-alcohol motifs (C(OH)–C–C–N with tert-alkyl or cyclic N) is 1. The van der Waals surface area contributed by atoms with E-state index in [1.807, 2.05) is 4.90 Å². The number of carbonyl (C=O) groups excluding carboxylic acids is 2. The second-order valence-corrected chi connectivity index (χ2v) is 8.17. The van der Waals surface area contributed by atoms with E-state index < -0.39 is 11.0 Å². The molecular formula is C19H21N5O6S. The summed E-state index contributed by atoms with van der Waals surface area (Å²) in [6.07, 6.45) is -0.825. The van der Waals surface area contributed by atoms with Crippen molar-refractivity contribution < 1.29 is 24.4 Å². The minimum Gasteiger partial charge on any atom is -0.445 e. The first-order valence-corrected chi connectivity index (χ1v) is 10.6. The van der Waals surface area contributed by atoms with Crippen LogP contribution in [0.25, 0.3) is 0 Å². The Bertz CT molecular complexity index is 966. The third-order valence-corrected chi connectivity index (χ3v) is 6.08. The van der Waals surface area contributed by atoms with Crippen molar-refractivity contribution >= 4 is 34.2 Å². The molecule has 3 heterocycles. The molecule has 11 nitrogen and oxygen atoms in total. The SMILES string of the molecule is O=C(OCc1ccc([N+](=O)[O-])cc1)N1CCN(C(=O)c2csc(N3CC(O)C3)n2)CC1. The average molecular weight is 447 g/mol. The van der Waals surface area contributed by atoms with Crippen LogP contribution in [0, 0.1) is 10.1 Å². The summed E-state index contributed by atoms with van der Waals surface area (Å²) in [5.41, 5.74) is 1.00. The number of thiazole rings is 1. The molecule has 1 aromatic carbocycles. The van der Waals surface area contributed by atoms with Gasteiger partial charge in [0.15, 0.2) is 5.13 Å². The number of nitro benzene ring substituents is 1. The molecule has 0 bridgehead atoms. The van der Waals surface area contributed by atoms with Crippen molar-refractivity contribution in [3.63, 3.8) is 0 Å². The molecule has 1 N–H and O–H groups in total. The van der Waals surface area contributed by atoms with E-state index in [0.717, 1.165) is 5.13 Å². The monoisotopic (exact) mass is 447 g/mol. The molecule has 0 spiro atoms. The van der Waals surface area contributed by atoms with Crippen LogP contribution in [0.4, 0.5) is 15.6 Å². The van der Waals surface area contributed by atoms with Crippen molar-refractivity contribution in [1.82, 2.24) is 14.8 Å². The molecule has 2 aromatic rings. The summed E-state index contributed by atoms with van der Waals surface area (Å²) >= 11 is 1.37. The first-order chi connectivity index (χ1) is 14.9. The van der Waals surface area contributed by atoms with E-state index in [4.69, 9.17) is 4.74 Å². The Morgan fingerprint density at radius 3 is 2.42 bits per heavy atom. The molecule has 31 heavy (non-hydrogen) atoms. The normalized spacial score (nSPS) is 16.7. The molecule has 0 aliphatic carbocycles. The smallest absolute Gasteiger partial charge is 0.410 e. The zero-order valence-corrected chi connectivity index (χ0v) is 17.4. The summed E-state index contributed by atoms with van der Waals surface area (Å²) in [6, 6.07) is 5.82. The third kappa shape index (κ3) is 4.75. The van der Waals surface area contributed by atoms with E-state index in [-0.39, 0.29) is 24.3 Å². The van der Waals surface area contributed by atoms with Gasteiger partial charge in [0.05, 0.1) is 11.0 Å². The Morgan fingerprint density at radius 2 is 1.81 bits per heavy atom. The number of benzene rings is 1. The van der Waals surface area contributed by atoms with Crippen LogP contribution in [0.3, 0.4) is 0 Å². The predicted octanol–water partition coefficient (Wildman–Crippen LogP) is 1.33. The number of rotatable bonds is 5. The number of hydrogen-bond donors (Lipinski definition) is 1. The molecule has 164 valence electrons. The van der Waals surface area contributed by atoms with Crippen LogP contribution in [-0.2, 0) is 11.3 Å². The number of piperazine rings is 1. The summed E-state index contributed by atoms with van der Waals surface area (Å²) in [5.74, 6) is -0.178. The molecule has 4 rings (SSSR count). The molecule has 2 amide bonds. The van der Waals surface area contributed by atoms with Gasteiger partial charge in [0.2, 0.25) is 0 Å². The van der Waals surface area contributed by atoms with Crippen LogP contribution < -0.4 is 4.90 Å². The molecule has 12 heteroatoms. The summed E-state index contributed by atoms with van der Waals surface area (Å²) in [7, 11) is 0. The van der Waals surface area contributed by atoms with Crippen molar-refractivity contribution in [2.45, 2.75) is 12.7 Å². The number of nitro groups is 1. The molecule has 1 aromatic heterocycles. The number of nitrogens with zero attached hydrogens (tertiary/aromatic N) is 5. The molecule has 0 saturated carbocycles. The zero-order chi connectivity index (χ0) is 22.0. The van der Waals surface area contributed by atoms with E-state index in [2.05, 4.69) is 4.98 Å². The van der Waals surface area contributed by atoms with Crippen LogP contribution in [0.2, 0.25) is 0 Å². The van der Waals surface area contributed by atoms with Gasteiger partial charge in [-0.05, 0) is 17.7 Å². The Balaban J connectivity index is 1.24. The van der Waals surface area contributed by atoms with Crippen molar-refractivity contribution in [3.05, 3.63) is 51.0 Å². The number of hydrogen-bond acceptors (Lipinski definition) is 9. The second kappa shape index (κ2) is 8.86. The number of aliphatic hydroxyl groups is 1. The predicted molar refractivity (Wildman–Crippen MR) is 111 cm³/mol. The lowest BCUT2D eigenvalue weighted by molar-refractivity contribution is -0.384. The van der Waals surface area contributed by atoms with Gasteiger partial charge >= 0.3 is 6.09 Å². The van der Waals surface area contributed by atoms with Crippen molar-refractivity contribution in [2.24, 2.45) is 0 Å². The summed E-state index contributed by atoms with van der Waals surface area (Å²) < 4.78 is 5.28. The maximum absolute atomic E-state index is 12.7. The molecule has 2 aliphatic heterocycles. The van der Waals surface area contributed by atoms with Gasteiger partial charge in [-0.15, -0.1) is 11.3 Å². The van der Waals surface area contributed by atoms with Crippen LogP contribution in [0.1, 0.15) is 16.1 Å². The molecular weight excluding hydrogens is 426 g/mol. The van der Waals surface area contributed by atoms with Gasteiger partial charge in [-0.1, -0.05) is 0 Å². The van der Waals surface area contributed by atoms with E-state index in [0.29, 0.717) is 50.5 Å². The van der Waals surface area contributed by atoms with Gasteiger partial charge in [0, 0.05) is 56.8 Å². The summed E-state index contributed by atoms with van der Waals surface area (Å²) in [4.78, 5) is 44.7. The zero-order valence-electron chi connectivity index (χ0n) is 16.5. The first kappa shape index (κ1) is 21.0.